The van der Waals surface area contributed by atoms with E-state index in [2.05, 4.69) is 26.6 Å². The van der Waals surface area contributed by atoms with Crippen LogP contribution in [-0.4, -0.2) is 24.3 Å². The molecule has 0 fully saturated rings. The van der Waals surface area contributed by atoms with Crippen LogP contribution in [0.5, 0.6) is 0 Å². The molecule has 0 aliphatic heterocycles. The summed E-state index contributed by atoms with van der Waals surface area (Å²) >= 11 is 3.13. The molecule has 0 aliphatic rings. The van der Waals surface area contributed by atoms with Gasteiger partial charge in [0.1, 0.15) is 5.82 Å². The third kappa shape index (κ3) is 5.39. The highest BCUT2D eigenvalue weighted by Crippen LogP contribution is 2.15. The average Bonchev–Trinajstić information content (AvgIpc) is 2.58. The van der Waals surface area contributed by atoms with Crippen LogP contribution in [0, 0.1) is 5.82 Å². The standard InChI is InChI=1S/C17H15BrFN3O3/c18-12-5-6-13(14(19)7-12)17(25)21-8-10-1-3-11(4-2-10)16(24)22-9-15(20)23/h1-7H,8-9H2,(H2,20,23)(H,21,25)(H,22,24). The SMILES string of the molecule is NC(=O)CNC(=O)c1ccc(CNC(=O)c2ccc(Br)cc2F)cc1. The molecule has 0 saturated heterocycles. The van der Waals surface area contributed by atoms with Gasteiger partial charge in [0.05, 0.1) is 12.1 Å². The maximum Gasteiger partial charge on any atom is 0.254 e. The van der Waals surface area contributed by atoms with E-state index in [1.807, 2.05) is 0 Å². The summed E-state index contributed by atoms with van der Waals surface area (Å²) in [5.74, 6) is -2.21. The molecule has 6 nitrogen and oxygen atoms in total. The van der Waals surface area contributed by atoms with Gasteiger partial charge in [-0.15, -0.1) is 0 Å². The highest BCUT2D eigenvalue weighted by atomic mass is 79.9. The van der Waals surface area contributed by atoms with Gasteiger partial charge in [0.2, 0.25) is 5.91 Å². The van der Waals surface area contributed by atoms with E-state index in [-0.39, 0.29) is 18.7 Å². The largest absolute Gasteiger partial charge is 0.368 e. The van der Waals surface area contributed by atoms with Crippen molar-refractivity contribution in [2.45, 2.75) is 6.54 Å². The zero-order valence-electron chi connectivity index (χ0n) is 13.0. The lowest BCUT2D eigenvalue weighted by Gasteiger charge is -2.08. The van der Waals surface area contributed by atoms with E-state index in [1.165, 1.54) is 12.1 Å². The fourth-order valence-electron chi connectivity index (χ4n) is 1.99. The van der Waals surface area contributed by atoms with Gasteiger partial charge in [-0.25, -0.2) is 4.39 Å². The molecule has 130 valence electrons. The van der Waals surface area contributed by atoms with E-state index in [1.54, 1.807) is 30.3 Å². The van der Waals surface area contributed by atoms with Crippen molar-refractivity contribution in [3.8, 4) is 0 Å². The number of primary amides is 1. The van der Waals surface area contributed by atoms with Crippen molar-refractivity contribution in [2.75, 3.05) is 6.54 Å². The first-order valence-corrected chi connectivity index (χ1v) is 8.05. The number of nitrogens with two attached hydrogens (primary N) is 1. The van der Waals surface area contributed by atoms with Crippen LogP contribution in [0.3, 0.4) is 0 Å². The molecule has 8 heteroatoms. The lowest BCUT2D eigenvalue weighted by atomic mass is 10.1. The Kier molecular flexibility index (Phi) is 6.24. The van der Waals surface area contributed by atoms with Gasteiger partial charge >= 0.3 is 0 Å². The van der Waals surface area contributed by atoms with Crippen LogP contribution in [0.2, 0.25) is 0 Å². The number of nitrogens with one attached hydrogen (secondary N) is 2. The number of carbonyl (C=O) groups is 3. The molecule has 0 aromatic heterocycles. The van der Waals surface area contributed by atoms with Crippen LogP contribution in [0.4, 0.5) is 4.39 Å². The topological polar surface area (TPSA) is 101 Å². The number of rotatable bonds is 6. The fourth-order valence-corrected chi connectivity index (χ4v) is 2.33. The number of amides is 3. The van der Waals surface area contributed by atoms with Crippen molar-refractivity contribution < 1.29 is 18.8 Å². The summed E-state index contributed by atoms with van der Waals surface area (Å²) in [4.78, 5) is 34.4. The zero-order chi connectivity index (χ0) is 18.4. The van der Waals surface area contributed by atoms with Gasteiger partial charge in [-0.1, -0.05) is 28.1 Å². The predicted octanol–water partition coefficient (Wildman–Crippen LogP) is 1.73. The second-order valence-electron chi connectivity index (χ2n) is 5.15. The number of hydrogen-bond acceptors (Lipinski definition) is 3. The minimum Gasteiger partial charge on any atom is -0.368 e. The molecule has 0 unspecified atom stereocenters. The van der Waals surface area contributed by atoms with E-state index in [0.717, 1.165) is 5.56 Å². The molecular formula is C17H15BrFN3O3. The molecule has 3 amide bonds. The van der Waals surface area contributed by atoms with Gasteiger partial charge in [-0.2, -0.15) is 0 Å². The lowest BCUT2D eigenvalue weighted by Crippen LogP contribution is -2.33. The molecule has 0 radical (unpaired) electrons. The molecule has 2 aromatic rings. The van der Waals surface area contributed by atoms with Gasteiger partial charge in [0.15, 0.2) is 0 Å². The summed E-state index contributed by atoms with van der Waals surface area (Å²) in [6.45, 7) is -0.0626. The van der Waals surface area contributed by atoms with Crippen LogP contribution < -0.4 is 16.4 Å². The van der Waals surface area contributed by atoms with E-state index < -0.39 is 23.5 Å². The Bertz CT molecular complexity index is 809. The van der Waals surface area contributed by atoms with Crippen LogP contribution in [0.25, 0.3) is 0 Å². The summed E-state index contributed by atoms with van der Waals surface area (Å²) in [6.07, 6.45) is 0. The summed E-state index contributed by atoms with van der Waals surface area (Å²) in [6, 6.07) is 10.6. The lowest BCUT2D eigenvalue weighted by molar-refractivity contribution is -0.117. The van der Waals surface area contributed by atoms with Crippen molar-refractivity contribution >= 4 is 33.7 Å². The number of hydrogen-bond donors (Lipinski definition) is 3. The molecule has 0 saturated carbocycles. The summed E-state index contributed by atoms with van der Waals surface area (Å²) in [5, 5.41) is 4.98. The third-order valence-corrected chi connectivity index (χ3v) is 3.76. The molecule has 0 spiro atoms. The fraction of sp³-hybridized carbons (Fsp3) is 0.118. The number of carbonyl (C=O) groups excluding carboxylic acids is 3. The van der Waals surface area contributed by atoms with Crippen molar-refractivity contribution in [1.29, 1.82) is 0 Å². The van der Waals surface area contributed by atoms with E-state index in [0.29, 0.717) is 10.0 Å². The normalized spacial score (nSPS) is 10.2. The Morgan fingerprint density at radius 1 is 1.00 bits per heavy atom. The van der Waals surface area contributed by atoms with Crippen LogP contribution in [0.15, 0.2) is 46.9 Å². The van der Waals surface area contributed by atoms with Crippen molar-refractivity contribution in [1.82, 2.24) is 10.6 Å². The van der Waals surface area contributed by atoms with Crippen LogP contribution in [0.1, 0.15) is 26.3 Å². The van der Waals surface area contributed by atoms with E-state index in [4.69, 9.17) is 5.73 Å². The van der Waals surface area contributed by atoms with Gasteiger partial charge in [-0.05, 0) is 35.9 Å². The maximum absolute atomic E-state index is 13.7. The van der Waals surface area contributed by atoms with Gasteiger partial charge in [0, 0.05) is 16.6 Å². The minimum absolute atomic E-state index is 0.0503. The summed E-state index contributed by atoms with van der Waals surface area (Å²) in [5.41, 5.74) is 5.99. The van der Waals surface area contributed by atoms with Crippen molar-refractivity contribution in [2.24, 2.45) is 5.73 Å². The van der Waals surface area contributed by atoms with Gasteiger partial charge in [-0.3, -0.25) is 14.4 Å². The van der Waals surface area contributed by atoms with E-state index in [9.17, 15) is 18.8 Å². The molecule has 25 heavy (non-hydrogen) atoms. The van der Waals surface area contributed by atoms with Gasteiger partial charge in [0.25, 0.3) is 11.8 Å². The van der Waals surface area contributed by atoms with Crippen LogP contribution >= 0.6 is 15.9 Å². The molecule has 2 aromatic carbocycles. The summed E-state index contributed by atoms with van der Waals surface area (Å²) < 4.78 is 14.3. The molecule has 0 aliphatic carbocycles. The molecule has 0 atom stereocenters. The average molecular weight is 408 g/mol. The Labute approximate surface area is 151 Å². The first-order valence-electron chi connectivity index (χ1n) is 7.25. The van der Waals surface area contributed by atoms with Crippen molar-refractivity contribution in [3.05, 3.63) is 69.4 Å². The molecule has 0 bridgehead atoms. The monoisotopic (exact) mass is 407 g/mol. The quantitative estimate of drug-likeness (QED) is 0.679. The third-order valence-electron chi connectivity index (χ3n) is 3.27. The smallest absolute Gasteiger partial charge is 0.254 e. The molecular weight excluding hydrogens is 393 g/mol. The van der Waals surface area contributed by atoms with Crippen LogP contribution in [-0.2, 0) is 11.3 Å². The first-order chi connectivity index (χ1) is 11.9. The highest BCUT2D eigenvalue weighted by molar-refractivity contribution is 9.10. The predicted molar refractivity (Wildman–Crippen MR) is 93.2 cm³/mol. The number of halogens is 2. The zero-order valence-corrected chi connectivity index (χ0v) is 14.6. The van der Waals surface area contributed by atoms with Crippen molar-refractivity contribution in [3.63, 3.8) is 0 Å². The minimum atomic E-state index is -0.632. The highest BCUT2D eigenvalue weighted by Gasteiger charge is 2.12. The molecule has 0 heterocycles. The second-order valence-corrected chi connectivity index (χ2v) is 6.07. The summed E-state index contributed by atoms with van der Waals surface area (Å²) in [7, 11) is 0. The van der Waals surface area contributed by atoms with E-state index >= 15 is 0 Å². The second kappa shape index (κ2) is 8.39. The maximum atomic E-state index is 13.7. The molecule has 2 rings (SSSR count). The molecule has 4 N–H and O–H groups in total. The Morgan fingerprint density at radius 3 is 2.28 bits per heavy atom. The first kappa shape index (κ1) is 18.6. The Balaban J connectivity index is 1.94. The van der Waals surface area contributed by atoms with Gasteiger partial charge < -0.3 is 16.4 Å². The number of benzene rings is 2. The Hall–Kier alpha value is -2.74. The Morgan fingerprint density at radius 2 is 1.68 bits per heavy atom.